The molecule has 0 atom stereocenters. The SMILES string of the molecule is COc1cc(NC(=O)CC(=O)Nc2cc(Cl)ccc2C)cc(OC)c1OC. The zero-order chi connectivity index (χ0) is 20.0. The molecule has 0 saturated heterocycles. The highest BCUT2D eigenvalue weighted by molar-refractivity contribution is 6.31. The predicted octanol–water partition coefficient (Wildman–Crippen LogP) is 3.64. The molecule has 0 aliphatic heterocycles. The summed E-state index contributed by atoms with van der Waals surface area (Å²) in [5.41, 5.74) is 1.83. The van der Waals surface area contributed by atoms with Crippen molar-refractivity contribution in [1.82, 2.24) is 0 Å². The van der Waals surface area contributed by atoms with Crippen LogP contribution in [0.25, 0.3) is 0 Å². The Kier molecular flexibility index (Phi) is 6.90. The van der Waals surface area contributed by atoms with Crippen LogP contribution < -0.4 is 24.8 Å². The van der Waals surface area contributed by atoms with Crippen LogP contribution in [-0.4, -0.2) is 33.1 Å². The molecular weight excluding hydrogens is 372 g/mol. The number of halogens is 1. The number of nitrogens with one attached hydrogen (secondary N) is 2. The fourth-order valence-electron chi connectivity index (χ4n) is 2.43. The lowest BCUT2D eigenvalue weighted by Gasteiger charge is -2.14. The Morgan fingerprint density at radius 3 is 2.07 bits per heavy atom. The molecule has 2 aromatic rings. The van der Waals surface area contributed by atoms with Crippen LogP contribution in [0, 0.1) is 6.92 Å². The predicted molar refractivity (Wildman–Crippen MR) is 104 cm³/mol. The first-order chi connectivity index (χ1) is 12.9. The number of rotatable bonds is 7. The number of aryl methyl sites for hydroxylation is 1. The van der Waals surface area contributed by atoms with E-state index < -0.39 is 11.8 Å². The van der Waals surface area contributed by atoms with Crippen LogP contribution in [-0.2, 0) is 9.59 Å². The van der Waals surface area contributed by atoms with Crippen molar-refractivity contribution in [2.24, 2.45) is 0 Å². The molecule has 7 nitrogen and oxygen atoms in total. The van der Waals surface area contributed by atoms with Gasteiger partial charge in [-0.15, -0.1) is 0 Å². The number of benzene rings is 2. The normalized spacial score (nSPS) is 10.1. The van der Waals surface area contributed by atoms with Gasteiger partial charge in [0.1, 0.15) is 6.42 Å². The number of hydrogen-bond acceptors (Lipinski definition) is 5. The fraction of sp³-hybridized carbons (Fsp3) is 0.263. The maximum atomic E-state index is 12.2. The van der Waals surface area contributed by atoms with Gasteiger partial charge < -0.3 is 24.8 Å². The van der Waals surface area contributed by atoms with Gasteiger partial charge in [0.15, 0.2) is 11.5 Å². The molecule has 2 amide bonds. The standard InChI is InChI=1S/C19H21ClN2O5/c1-11-5-6-12(20)7-14(11)22-18(24)10-17(23)21-13-8-15(25-2)19(27-4)16(9-13)26-3/h5-9H,10H2,1-4H3,(H,21,23)(H,22,24). The van der Waals surface area contributed by atoms with Crippen molar-refractivity contribution in [1.29, 1.82) is 0 Å². The van der Waals surface area contributed by atoms with Crippen molar-refractivity contribution >= 4 is 34.8 Å². The molecule has 144 valence electrons. The molecule has 0 aromatic heterocycles. The molecule has 0 spiro atoms. The summed E-state index contributed by atoms with van der Waals surface area (Å²) in [7, 11) is 4.44. The molecule has 2 rings (SSSR count). The second-order valence-corrected chi connectivity index (χ2v) is 6.08. The number of carbonyl (C=O) groups excluding carboxylic acids is 2. The molecule has 0 unspecified atom stereocenters. The van der Waals surface area contributed by atoms with E-state index in [9.17, 15) is 9.59 Å². The molecule has 0 radical (unpaired) electrons. The zero-order valence-electron chi connectivity index (χ0n) is 15.5. The highest BCUT2D eigenvalue weighted by Crippen LogP contribution is 2.39. The number of amides is 2. The van der Waals surface area contributed by atoms with Crippen molar-refractivity contribution in [3.63, 3.8) is 0 Å². The highest BCUT2D eigenvalue weighted by atomic mass is 35.5. The van der Waals surface area contributed by atoms with Crippen molar-refractivity contribution in [3.05, 3.63) is 40.9 Å². The van der Waals surface area contributed by atoms with Gasteiger partial charge in [-0.1, -0.05) is 17.7 Å². The minimum absolute atomic E-state index is 0.359. The van der Waals surface area contributed by atoms with Gasteiger partial charge in [-0.05, 0) is 24.6 Å². The smallest absolute Gasteiger partial charge is 0.233 e. The summed E-state index contributed by atoms with van der Waals surface area (Å²) in [6.45, 7) is 1.84. The van der Waals surface area contributed by atoms with Crippen LogP contribution in [0.2, 0.25) is 5.02 Å². The zero-order valence-corrected chi connectivity index (χ0v) is 16.3. The second-order valence-electron chi connectivity index (χ2n) is 5.65. The van der Waals surface area contributed by atoms with Gasteiger partial charge in [0.2, 0.25) is 17.6 Å². The van der Waals surface area contributed by atoms with E-state index in [2.05, 4.69) is 10.6 Å². The van der Waals surface area contributed by atoms with Gasteiger partial charge in [-0.25, -0.2) is 0 Å². The summed E-state index contributed by atoms with van der Waals surface area (Å²) >= 11 is 5.93. The monoisotopic (exact) mass is 392 g/mol. The summed E-state index contributed by atoms with van der Waals surface area (Å²) < 4.78 is 15.7. The van der Waals surface area contributed by atoms with Gasteiger partial charge >= 0.3 is 0 Å². The Labute approximate surface area is 162 Å². The maximum absolute atomic E-state index is 12.2. The fourth-order valence-corrected chi connectivity index (χ4v) is 2.60. The van der Waals surface area contributed by atoms with Crippen LogP contribution in [0.4, 0.5) is 11.4 Å². The van der Waals surface area contributed by atoms with Gasteiger partial charge in [-0.3, -0.25) is 9.59 Å². The minimum atomic E-state index is -0.485. The first-order valence-corrected chi connectivity index (χ1v) is 8.41. The number of anilines is 2. The van der Waals surface area contributed by atoms with E-state index in [1.54, 1.807) is 30.3 Å². The van der Waals surface area contributed by atoms with E-state index in [1.165, 1.54) is 21.3 Å². The molecule has 0 aliphatic carbocycles. The summed E-state index contributed by atoms with van der Waals surface area (Å²) in [6.07, 6.45) is -0.359. The lowest BCUT2D eigenvalue weighted by Crippen LogP contribution is -2.21. The number of carbonyl (C=O) groups is 2. The number of hydrogen-bond donors (Lipinski definition) is 2. The molecule has 2 N–H and O–H groups in total. The molecule has 2 aromatic carbocycles. The van der Waals surface area contributed by atoms with E-state index in [-0.39, 0.29) is 6.42 Å². The van der Waals surface area contributed by atoms with Gasteiger partial charge in [0.25, 0.3) is 0 Å². The van der Waals surface area contributed by atoms with Gasteiger partial charge in [0.05, 0.1) is 21.3 Å². The van der Waals surface area contributed by atoms with Crippen LogP contribution in [0.15, 0.2) is 30.3 Å². The quantitative estimate of drug-likeness (QED) is 0.702. The van der Waals surface area contributed by atoms with Crippen molar-refractivity contribution in [3.8, 4) is 17.2 Å². The third-order valence-electron chi connectivity index (χ3n) is 3.74. The first kappa shape index (κ1) is 20.4. The Hall–Kier alpha value is -2.93. The Morgan fingerprint density at radius 1 is 0.926 bits per heavy atom. The molecule has 0 fully saturated rings. The topological polar surface area (TPSA) is 85.9 Å². The van der Waals surface area contributed by atoms with E-state index in [0.717, 1.165) is 5.56 Å². The van der Waals surface area contributed by atoms with Crippen LogP contribution in [0.1, 0.15) is 12.0 Å². The summed E-state index contributed by atoms with van der Waals surface area (Å²) in [5.74, 6) is 0.260. The van der Waals surface area contributed by atoms with Crippen molar-refractivity contribution in [2.75, 3.05) is 32.0 Å². The average Bonchev–Trinajstić information content (AvgIpc) is 2.63. The third kappa shape index (κ3) is 5.27. The molecule has 8 heteroatoms. The Balaban J connectivity index is 2.06. The molecule has 0 saturated carbocycles. The van der Waals surface area contributed by atoms with Gasteiger partial charge in [-0.2, -0.15) is 0 Å². The summed E-state index contributed by atoms with van der Waals surface area (Å²) in [5, 5.41) is 5.82. The Morgan fingerprint density at radius 2 is 1.52 bits per heavy atom. The molecular formula is C19H21ClN2O5. The minimum Gasteiger partial charge on any atom is -0.493 e. The number of methoxy groups -OCH3 is 3. The lowest BCUT2D eigenvalue weighted by molar-refractivity contribution is -0.123. The van der Waals surface area contributed by atoms with E-state index in [0.29, 0.717) is 33.6 Å². The third-order valence-corrected chi connectivity index (χ3v) is 3.98. The summed E-state index contributed by atoms with van der Waals surface area (Å²) in [6, 6.07) is 8.31. The van der Waals surface area contributed by atoms with E-state index >= 15 is 0 Å². The second kappa shape index (κ2) is 9.14. The molecule has 0 heterocycles. The Bertz CT molecular complexity index is 829. The molecule has 0 aliphatic rings. The molecule has 0 bridgehead atoms. The molecule has 27 heavy (non-hydrogen) atoms. The largest absolute Gasteiger partial charge is 0.493 e. The van der Waals surface area contributed by atoms with Crippen LogP contribution in [0.3, 0.4) is 0 Å². The highest BCUT2D eigenvalue weighted by Gasteiger charge is 2.16. The van der Waals surface area contributed by atoms with Gasteiger partial charge in [0, 0.05) is 28.5 Å². The van der Waals surface area contributed by atoms with Crippen molar-refractivity contribution in [2.45, 2.75) is 13.3 Å². The van der Waals surface area contributed by atoms with E-state index in [4.69, 9.17) is 25.8 Å². The first-order valence-electron chi connectivity index (χ1n) is 8.03. The van der Waals surface area contributed by atoms with E-state index in [1.807, 2.05) is 6.92 Å². The lowest BCUT2D eigenvalue weighted by atomic mass is 10.2. The maximum Gasteiger partial charge on any atom is 0.233 e. The number of ether oxygens (including phenoxy) is 3. The van der Waals surface area contributed by atoms with Crippen LogP contribution in [0.5, 0.6) is 17.2 Å². The summed E-state index contributed by atoms with van der Waals surface area (Å²) in [4.78, 5) is 24.3. The average molecular weight is 393 g/mol. The van der Waals surface area contributed by atoms with Crippen LogP contribution >= 0.6 is 11.6 Å². The van der Waals surface area contributed by atoms with Crippen molar-refractivity contribution < 1.29 is 23.8 Å².